The van der Waals surface area contributed by atoms with Gasteiger partial charge in [-0.1, -0.05) is 35.3 Å². The Kier molecular flexibility index (Phi) is 9.32. The van der Waals surface area contributed by atoms with Gasteiger partial charge in [-0.05, 0) is 37.1 Å². The summed E-state index contributed by atoms with van der Waals surface area (Å²) in [5.74, 6) is -0.715. The first kappa shape index (κ1) is 32.6. The molecule has 0 aliphatic carbocycles. The Labute approximate surface area is 281 Å². The van der Waals surface area contributed by atoms with Crippen molar-refractivity contribution in [2.75, 3.05) is 32.1 Å². The van der Waals surface area contributed by atoms with Gasteiger partial charge in [-0.25, -0.2) is 9.37 Å². The minimum atomic E-state index is -0.765. The number of fused-ring (bicyclic) bond motifs is 1. The summed E-state index contributed by atoms with van der Waals surface area (Å²) in [4.78, 5) is 50.1. The summed E-state index contributed by atoms with van der Waals surface area (Å²) in [5, 5.41) is 3.37. The molecular formula is C34H33Cl2FN6O4. The lowest BCUT2D eigenvalue weighted by Crippen LogP contribution is -2.47. The fraction of sp³-hybridized carbons (Fsp3) is 0.324. The zero-order chi connectivity index (χ0) is 33.4. The van der Waals surface area contributed by atoms with Crippen LogP contribution >= 0.6 is 23.2 Å². The lowest BCUT2D eigenvalue weighted by Gasteiger charge is -2.39. The van der Waals surface area contributed by atoms with Crippen LogP contribution in [0.2, 0.25) is 10.0 Å². The molecule has 0 bridgehead atoms. The summed E-state index contributed by atoms with van der Waals surface area (Å²) < 4.78 is 21.7. The van der Waals surface area contributed by atoms with E-state index in [9.17, 15) is 18.8 Å². The number of benzene rings is 2. The number of nitrogens with one attached hydrogen (secondary N) is 1. The topological polar surface area (TPSA) is 110 Å². The molecule has 6 rings (SSSR count). The van der Waals surface area contributed by atoms with Crippen molar-refractivity contribution in [3.8, 4) is 28.1 Å². The Morgan fingerprint density at radius 1 is 1.09 bits per heavy atom. The van der Waals surface area contributed by atoms with Gasteiger partial charge in [0.2, 0.25) is 5.91 Å². The minimum absolute atomic E-state index is 0.0553. The van der Waals surface area contributed by atoms with Gasteiger partial charge >= 0.3 is 0 Å². The van der Waals surface area contributed by atoms with Crippen LogP contribution in [0.15, 0.2) is 42.6 Å². The summed E-state index contributed by atoms with van der Waals surface area (Å²) in [7, 11) is 3.19. The molecular weight excluding hydrogens is 646 g/mol. The quantitative estimate of drug-likeness (QED) is 0.238. The molecule has 244 valence electrons. The van der Waals surface area contributed by atoms with Crippen LogP contribution in [0.4, 0.5) is 10.1 Å². The first-order valence-corrected chi connectivity index (χ1v) is 16.0. The van der Waals surface area contributed by atoms with Crippen molar-refractivity contribution >= 4 is 47.0 Å². The molecule has 0 spiro atoms. The van der Waals surface area contributed by atoms with Crippen LogP contribution in [-0.4, -0.2) is 75.2 Å². The summed E-state index contributed by atoms with van der Waals surface area (Å²) >= 11 is 13.7. The predicted octanol–water partition coefficient (Wildman–Crippen LogP) is 6.04. The number of aromatic nitrogens is 3. The number of methoxy groups -OCH3 is 1. The van der Waals surface area contributed by atoms with Gasteiger partial charge < -0.3 is 19.5 Å². The number of rotatable bonds is 7. The highest BCUT2D eigenvalue weighted by Crippen LogP contribution is 2.41. The Morgan fingerprint density at radius 3 is 2.53 bits per heavy atom. The molecule has 4 aromatic rings. The second-order valence-corrected chi connectivity index (χ2v) is 12.4. The maximum atomic E-state index is 14.7. The van der Waals surface area contributed by atoms with E-state index in [1.807, 2.05) is 16.5 Å². The number of halogens is 3. The third kappa shape index (κ3) is 6.22. The van der Waals surface area contributed by atoms with Gasteiger partial charge in [-0.15, -0.1) is 0 Å². The smallest absolute Gasteiger partial charge is 0.291 e. The van der Waals surface area contributed by atoms with Crippen molar-refractivity contribution in [1.82, 2.24) is 24.3 Å². The minimum Gasteiger partial charge on any atom is -0.496 e. The molecule has 2 aromatic carbocycles. The van der Waals surface area contributed by atoms with Gasteiger partial charge in [0.1, 0.15) is 11.6 Å². The van der Waals surface area contributed by atoms with Crippen molar-refractivity contribution in [2.24, 2.45) is 7.05 Å². The molecule has 2 aliphatic heterocycles. The average molecular weight is 680 g/mol. The van der Waals surface area contributed by atoms with Gasteiger partial charge in [0.15, 0.2) is 12.1 Å². The van der Waals surface area contributed by atoms with E-state index in [2.05, 4.69) is 15.2 Å². The molecule has 1 fully saturated rings. The normalized spacial score (nSPS) is 15.3. The van der Waals surface area contributed by atoms with Crippen molar-refractivity contribution in [3.05, 3.63) is 81.2 Å². The van der Waals surface area contributed by atoms with E-state index in [-0.39, 0.29) is 38.8 Å². The van der Waals surface area contributed by atoms with E-state index in [4.69, 9.17) is 32.9 Å². The molecule has 0 unspecified atom stereocenters. The van der Waals surface area contributed by atoms with Crippen LogP contribution in [0.1, 0.15) is 52.1 Å². The standard InChI is InChI=1S/C34H33Cl2FN6O4/c1-19(45)42-12-8-21(9-13-42)43-14-10-28-27(17-43)39-33(41(28)2)34(46)40-26-6-4-5-22(30(26)35)23-7-11-38-32(31(23)36)20-15-25(37)24(18-44)29(16-20)47-3/h4-7,11,15-16,18,21H,8-10,12-14,17H2,1-3H3,(H,40,46). The molecule has 1 N–H and O–H groups in total. The molecule has 2 amide bonds. The fourth-order valence-electron chi connectivity index (χ4n) is 6.49. The highest BCUT2D eigenvalue weighted by molar-refractivity contribution is 6.39. The maximum absolute atomic E-state index is 14.7. The third-order valence-electron chi connectivity index (χ3n) is 9.04. The number of imidazole rings is 1. The summed E-state index contributed by atoms with van der Waals surface area (Å²) in [5.41, 5.74) is 3.69. The lowest BCUT2D eigenvalue weighted by atomic mass is 10.00. The third-order valence-corrected chi connectivity index (χ3v) is 9.83. The van der Waals surface area contributed by atoms with E-state index in [1.165, 1.54) is 25.4 Å². The van der Waals surface area contributed by atoms with Crippen molar-refractivity contribution in [1.29, 1.82) is 0 Å². The Hall–Kier alpha value is -4.32. The second kappa shape index (κ2) is 13.4. The zero-order valence-electron chi connectivity index (χ0n) is 26.1. The highest BCUT2D eigenvalue weighted by atomic mass is 35.5. The van der Waals surface area contributed by atoms with Crippen molar-refractivity contribution < 1.29 is 23.5 Å². The van der Waals surface area contributed by atoms with Crippen LogP contribution in [0.3, 0.4) is 0 Å². The molecule has 10 nitrogen and oxygen atoms in total. The zero-order valence-corrected chi connectivity index (χ0v) is 27.7. The Bertz CT molecular complexity index is 1890. The fourth-order valence-corrected chi connectivity index (χ4v) is 7.09. The van der Waals surface area contributed by atoms with Gasteiger partial charge in [0, 0.05) is 81.2 Å². The predicted molar refractivity (Wildman–Crippen MR) is 178 cm³/mol. The molecule has 0 atom stereocenters. The Morgan fingerprint density at radius 2 is 1.83 bits per heavy atom. The van der Waals surface area contributed by atoms with E-state index < -0.39 is 11.7 Å². The van der Waals surface area contributed by atoms with E-state index in [1.54, 1.807) is 31.2 Å². The molecule has 0 radical (unpaired) electrons. The first-order chi connectivity index (χ1) is 22.6. The van der Waals surface area contributed by atoms with Crippen LogP contribution < -0.4 is 10.1 Å². The summed E-state index contributed by atoms with van der Waals surface area (Å²) in [6.07, 6.45) is 4.52. The molecule has 47 heavy (non-hydrogen) atoms. The molecule has 0 saturated carbocycles. The number of aldehydes is 1. The lowest BCUT2D eigenvalue weighted by molar-refractivity contribution is -0.130. The van der Waals surface area contributed by atoms with Crippen LogP contribution in [0, 0.1) is 5.82 Å². The van der Waals surface area contributed by atoms with E-state index in [0.29, 0.717) is 41.3 Å². The maximum Gasteiger partial charge on any atom is 0.291 e. The van der Waals surface area contributed by atoms with Gasteiger partial charge in [0.05, 0.1) is 39.8 Å². The number of ether oxygens (including phenoxy) is 1. The molecule has 1 saturated heterocycles. The van der Waals surface area contributed by atoms with Crippen molar-refractivity contribution in [2.45, 2.75) is 38.8 Å². The molecule has 2 aliphatic rings. The van der Waals surface area contributed by atoms with Crippen LogP contribution in [0.25, 0.3) is 22.4 Å². The van der Waals surface area contributed by atoms with E-state index >= 15 is 0 Å². The number of pyridine rings is 1. The van der Waals surface area contributed by atoms with Gasteiger partial charge in [-0.3, -0.25) is 24.3 Å². The highest BCUT2D eigenvalue weighted by Gasteiger charge is 2.31. The summed E-state index contributed by atoms with van der Waals surface area (Å²) in [6, 6.07) is 9.90. The summed E-state index contributed by atoms with van der Waals surface area (Å²) in [6.45, 7) is 4.64. The Balaban J connectivity index is 1.23. The number of anilines is 1. The number of likely N-dealkylation sites (tertiary alicyclic amines) is 1. The number of amides is 2. The number of hydrogen-bond acceptors (Lipinski definition) is 7. The first-order valence-electron chi connectivity index (χ1n) is 15.2. The van der Waals surface area contributed by atoms with Crippen LogP contribution in [-0.2, 0) is 24.8 Å². The van der Waals surface area contributed by atoms with Gasteiger partial charge in [-0.2, -0.15) is 0 Å². The van der Waals surface area contributed by atoms with Crippen LogP contribution in [0.5, 0.6) is 5.75 Å². The number of carbonyl (C=O) groups is 3. The number of carbonyl (C=O) groups excluding carboxylic acids is 3. The largest absolute Gasteiger partial charge is 0.496 e. The number of nitrogens with zero attached hydrogens (tertiary/aromatic N) is 5. The molecule has 13 heteroatoms. The monoisotopic (exact) mass is 678 g/mol. The number of piperidine rings is 1. The SMILES string of the molecule is COc1cc(-c2nccc(-c3cccc(NC(=O)c4nc5c(n4C)CCN(C4CCN(C(C)=O)CC4)C5)c3Cl)c2Cl)cc(F)c1C=O. The van der Waals surface area contributed by atoms with Gasteiger partial charge in [0.25, 0.3) is 5.91 Å². The van der Waals surface area contributed by atoms with E-state index in [0.717, 1.165) is 50.3 Å². The average Bonchev–Trinajstić information content (AvgIpc) is 3.41. The molecule has 2 aromatic heterocycles. The van der Waals surface area contributed by atoms with Crippen molar-refractivity contribution in [3.63, 3.8) is 0 Å². The molecule has 4 heterocycles. The second-order valence-electron chi connectivity index (χ2n) is 11.7. The number of hydrogen-bond donors (Lipinski definition) is 1.